The maximum Gasteiger partial charge on any atom is 0.253 e. The van der Waals surface area contributed by atoms with Crippen molar-refractivity contribution in [3.63, 3.8) is 0 Å². The summed E-state index contributed by atoms with van der Waals surface area (Å²) in [6.07, 6.45) is 4.27. The van der Waals surface area contributed by atoms with Crippen LogP contribution in [0.1, 0.15) is 36.0 Å². The van der Waals surface area contributed by atoms with Crippen LogP contribution in [0, 0.1) is 16.0 Å². The molecule has 23 heavy (non-hydrogen) atoms. The summed E-state index contributed by atoms with van der Waals surface area (Å²) in [6, 6.07) is 2.56. The van der Waals surface area contributed by atoms with Crippen LogP contribution in [0.4, 0.5) is 4.39 Å². The number of methoxy groups -OCH3 is 1. The minimum absolute atomic E-state index is 0.114. The van der Waals surface area contributed by atoms with Crippen LogP contribution in [0.25, 0.3) is 11.0 Å². The van der Waals surface area contributed by atoms with Crippen molar-refractivity contribution in [2.45, 2.75) is 25.7 Å². The van der Waals surface area contributed by atoms with E-state index in [0.29, 0.717) is 29.0 Å². The lowest BCUT2D eigenvalue weighted by Gasteiger charge is -2.42. The van der Waals surface area contributed by atoms with Gasteiger partial charge in [-0.1, -0.05) is 6.42 Å². The fraction of sp³-hybridized carbons (Fsp3) is 0.500. The summed E-state index contributed by atoms with van der Waals surface area (Å²) in [5, 5.41) is 2.95. The Hall–Kier alpha value is -1.73. The highest BCUT2D eigenvalue weighted by atomic mass is 32.1. The lowest BCUT2D eigenvalue weighted by atomic mass is 9.66. The van der Waals surface area contributed by atoms with Crippen LogP contribution >= 0.6 is 12.2 Å². The summed E-state index contributed by atoms with van der Waals surface area (Å²) >= 11 is 5.02. The molecule has 124 valence electrons. The van der Waals surface area contributed by atoms with Crippen molar-refractivity contribution in [1.82, 2.24) is 15.3 Å². The monoisotopic (exact) mass is 337 g/mol. The first-order valence-electron chi connectivity index (χ1n) is 7.72. The summed E-state index contributed by atoms with van der Waals surface area (Å²) in [5.74, 6) is -0.755. The number of nitrogens with one attached hydrogen (secondary N) is 3. The zero-order valence-corrected chi connectivity index (χ0v) is 13.8. The second kappa shape index (κ2) is 6.41. The van der Waals surface area contributed by atoms with Gasteiger partial charge in [-0.2, -0.15) is 0 Å². The molecule has 1 saturated carbocycles. The molecule has 1 fully saturated rings. The largest absolute Gasteiger partial charge is 0.385 e. The number of rotatable bonds is 6. The van der Waals surface area contributed by atoms with E-state index in [4.69, 9.17) is 17.0 Å². The molecule has 1 heterocycles. The molecule has 1 aliphatic carbocycles. The molecule has 0 aliphatic heterocycles. The Kier molecular flexibility index (Phi) is 4.50. The maximum absolute atomic E-state index is 13.7. The standard InChI is InChI=1S/C16H20FN3O2S/c1-22-6-5-16(3-2-4-16)9-18-14(21)11-7-10(17)8-12-13(11)20-15(23)19-12/h7-8H,2-6,9H2,1H3,(H,18,21)(H2,19,20,23). The van der Waals surface area contributed by atoms with Crippen LogP contribution in [-0.2, 0) is 4.74 Å². The van der Waals surface area contributed by atoms with Gasteiger partial charge >= 0.3 is 0 Å². The molecule has 1 aliphatic rings. The van der Waals surface area contributed by atoms with Gasteiger partial charge in [0.05, 0.1) is 16.6 Å². The van der Waals surface area contributed by atoms with Crippen molar-refractivity contribution in [2.75, 3.05) is 20.3 Å². The number of aromatic nitrogens is 2. The molecule has 0 saturated heterocycles. The molecular formula is C16H20FN3O2S. The lowest BCUT2D eigenvalue weighted by Crippen LogP contribution is -2.43. The van der Waals surface area contributed by atoms with E-state index < -0.39 is 5.82 Å². The highest BCUT2D eigenvalue weighted by Crippen LogP contribution is 2.43. The number of halogens is 1. The van der Waals surface area contributed by atoms with E-state index >= 15 is 0 Å². The molecule has 0 radical (unpaired) electrons. The Bertz CT molecular complexity index is 779. The van der Waals surface area contributed by atoms with Gasteiger partial charge in [0, 0.05) is 20.3 Å². The first-order valence-corrected chi connectivity index (χ1v) is 8.12. The highest BCUT2D eigenvalue weighted by molar-refractivity contribution is 7.71. The van der Waals surface area contributed by atoms with E-state index in [9.17, 15) is 9.18 Å². The second-order valence-electron chi connectivity index (χ2n) is 6.23. The first kappa shape index (κ1) is 16.1. The number of H-pyrrole nitrogens is 2. The van der Waals surface area contributed by atoms with Crippen LogP contribution in [0.2, 0.25) is 0 Å². The smallest absolute Gasteiger partial charge is 0.253 e. The molecule has 2 aromatic rings. The van der Waals surface area contributed by atoms with E-state index in [0.717, 1.165) is 19.3 Å². The van der Waals surface area contributed by atoms with Gasteiger partial charge in [-0.25, -0.2) is 4.39 Å². The maximum atomic E-state index is 13.7. The SMILES string of the molecule is COCCC1(CNC(=O)c2cc(F)cc3[nH]c(=S)[nH]c23)CCC1. The van der Waals surface area contributed by atoms with E-state index in [2.05, 4.69) is 15.3 Å². The number of hydrogen-bond acceptors (Lipinski definition) is 3. The predicted octanol–water partition coefficient (Wildman–Crippen LogP) is 3.30. The average Bonchev–Trinajstić information content (AvgIpc) is 2.84. The third-order valence-electron chi connectivity index (χ3n) is 4.71. The molecule has 0 unspecified atom stereocenters. The predicted molar refractivity (Wildman–Crippen MR) is 88.6 cm³/mol. The second-order valence-corrected chi connectivity index (χ2v) is 6.64. The summed E-state index contributed by atoms with van der Waals surface area (Å²) in [7, 11) is 1.68. The third kappa shape index (κ3) is 3.30. The Balaban J connectivity index is 1.77. The number of benzene rings is 1. The van der Waals surface area contributed by atoms with Gasteiger partial charge in [0.1, 0.15) is 5.82 Å². The van der Waals surface area contributed by atoms with Crippen LogP contribution in [-0.4, -0.2) is 36.1 Å². The third-order valence-corrected chi connectivity index (χ3v) is 4.91. The minimum atomic E-state index is -0.467. The molecule has 0 bridgehead atoms. The number of fused-ring (bicyclic) bond motifs is 1. The molecule has 5 nitrogen and oxygen atoms in total. The molecule has 1 amide bonds. The average molecular weight is 337 g/mol. The van der Waals surface area contributed by atoms with Gasteiger partial charge in [0.15, 0.2) is 4.77 Å². The quantitative estimate of drug-likeness (QED) is 0.708. The first-order chi connectivity index (χ1) is 11.0. The molecule has 0 atom stereocenters. The normalized spacial score (nSPS) is 16.3. The van der Waals surface area contributed by atoms with Gasteiger partial charge in [0.2, 0.25) is 0 Å². The van der Waals surface area contributed by atoms with Gasteiger partial charge in [0.25, 0.3) is 5.91 Å². The summed E-state index contributed by atoms with van der Waals surface area (Å²) in [6.45, 7) is 1.27. The number of carbonyl (C=O) groups excluding carboxylic acids is 1. The number of amides is 1. The van der Waals surface area contributed by atoms with Crippen LogP contribution in [0.5, 0.6) is 0 Å². The van der Waals surface area contributed by atoms with E-state index in [1.807, 2.05) is 0 Å². The van der Waals surface area contributed by atoms with E-state index in [1.54, 1.807) is 7.11 Å². The van der Waals surface area contributed by atoms with E-state index in [-0.39, 0.29) is 16.9 Å². The van der Waals surface area contributed by atoms with Crippen molar-refractivity contribution >= 4 is 29.2 Å². The molecule has 7 heteroatoms. The van der Waals surface area contributed by atoms with Crippen molar-refractivity contribution in [3.05, 3.63) is 28.3 Å². The van der Waals surface area contributed by atoms with Crippen LogP contribution in [0.3, 0.4) is 0 Å². The Morgan fingerprint density at radius 2 is 2.22 bits per heavy atom. The zero-order valence-electron chi connectivity index (χ0n) is 13.0. The number of ether oxygens (including phenoxy) is 1. The molecular weight excluding hydrogens is 317 g/mol. The molecule has 1 aromatic heterocycles. The Labute approximate surface area is 138 Å². The van der Waals surface area contributed by atoms with Crippen LogP contribution < -0.4 is 5.32 Å². The molecule has 3 rings (SSSR count). The van der Waals surface area contributed by atoms with Crippen LogP contribution in [0.15, 0.2) is 12.1 Å². The molecule has 1 aromatic carbocycles. The van der Waals surface area contributed by atoms with Crippen molar-refractivity contribution in [3.8, 4) is 0 Å². The zero-order chi connectivity index (χ0) is 16.4. The highest BCUT2D eigenvalue weighted by Gasteiger charge is 2.36. The number of imidazole rings is 1. The topological polar surface area (TPSA) is 69.9 Å². The van der Waals surface area contributed by atoms with Gasteiger partial charge in [-0.05, 0) is 49.0 Å². The molecule has 3 N–H and O–H groups in total. The molecule has 0 spiro atoms. The number of hydrogen-bond donors (Lipinski definition) is 3. The Morgan fingerprint density at radius 1 is 1.43 bits per heavy atom. The van der Waals surface area contributed by atoms with Gasteiger partial charge in [-0.15, -0.1) is 0 Å². The van der Waals surface area contributed by atoms with Crippen molar-refractivity contribution < 1.29 is 13.9 Å². The van der Waals surface area contributed by atoms with Crippen molar-refractivity contribution in [2.24, 2.45) is 5.41 Å². The van der Waals surface area contributed by atoms with Crippen molar-refractivity contribution in [1.29, 1.82) is 0 Å². The summed E-state index contributed by atoms with van der Waals surface area (Å²) in [5.41, 5.74) is 1.42. The van der Waals surface area contributed by atoms with Gasteiger partial charge in [-0.3, -0.25) is 4.79 Å². The minimum Gasteiger partial charge on any atom is -0.385 e. The summed E-state index contributed by atoms with van der Waals surface area (Å²) in [4.78, 5) is 18.2. The summed E-state index contributed by atoms with van der Waals surface area (Å²) < 4.78 is 19.2. The van der Waals surface area contributed by atoms with E-state index in [1.165, 1.54) is 18.6 Å². The lowest BCUT2D eigenvalue weighted by molar-refractivity contribution is 0.0632. The number of aromatic amines is 2. The number of carbonyl (C=O) groups is 1. The fourth-order valence-corrected chi connectivity index (χ4v) is 3.37. The fourth-order valence-electron chi connectivity index (χ4n) is 3.16. The van der Waals surface area contributed by atoms with Gasteiger partial charge < -0.3 is 20.0 Å². The Morgan fingerprint density at radius 3 is 2.87 bits per heavy atom.